The Morgan fingerprint density at radius 3 is 2.09 bits per heavy atom. The molecule has 22 heavy (non-hydrogen) atoms. The molecule has 1 atom stereocenters. The van der Waals surface area contributed by atoms with Crippen LogP contribution in [0.25, 0.3) is 0 Å². The van der Waals surface area contributed by atoms with Crippen LogP contribution in [0.4, 0.5) is 35.1 Å². The van der Waals surface area contributed by atoms with Gasteiger partial charge in [-0.2, -0.15) is 26.3 Å². The molecule has 0 spiro atoms. The van der Waals surface area contributed by atoms with Crippen molar-refractivity contribution in [3.8, 4) is 0 Å². The molecular weight excluding hydrogens is 326 g/mol. The third-order valence-corrected chi connectivity index (χ3v) is 3.41. The predicted octanol–water partition coefficient (Wildman–Crippen LogP) is 3.72. The van der Waals surface area contributed by atoms with Gasteiger partial charge in [0.15, 0.2) is 0 Å². The van der Waals surface area contributed by atoms with Crippen LogP contribution in [0, 0.1) is 0 Å². The molecule has 0 bridgehead atoms. The molecule has 10 heteroatoms. The van der Waals surface area contributed by atoms with Crippen LogP contribution in [0.5, 0.6) is 0 Å². The molecule has 0 aromatic carbocycles. The van der Waals surface area contributed by atoms with Crippen LogP contribution in [-0.2, 0) is 4.79 Å². The molecule has 0 N–H and O–H groups in total. The van der Waals surface area contributed by atoms with Crippen LogP contribution in [0.15, 0.2) is 11.6 Å². The third kappa shape index (κ3) is 2.67. The maximum absolute atomic E-state index is 13.5. The fourth-order valence-electron chi connectivity index (χ4n) is 1.91. The van der Waals surface area contributed by atoms with Gasteiger partial charge >= 0.3 is 24.2 Å². The van der Waals surface area contributed by atoms with Gasteiger partial charge in [0.2, 0.25) is 5.91 Å². The number of nitrogens with zero attached hydrogens (tertiary/aromatic N) is 1. The van der Waals surface area contributed by atoms with Gasteiger partial charge in [0, 0.05) is 12.1 Å². The second kappa shape index (κ2) is 5.69. The number of hydrogen-bond donors (Lipinski definition) is 0. The minimum atomic E-state index is -6.28. The van der Waals surface area contributed by atoms with Crippen molar-refractivity contribution in [1.82, 2.24) is 4.90 Å². The molecule has 0 aromatic heterocycles. The van der Waals surface area contributed by atoms with Crippen LogP contribution >= 0.6 is 0 Å². The second-order valence-electron chi connectivity index (χ2n) is 4.76. The molecule has 0 aromatic rings. The van der Waals surface area contributed by atoms with Gasteiger partial charge in [-0.15, -0.1) is 0 Å². The molecule has 0 aliphatic carbocycles. The van der Waals surface area contributed by atoms with E-state index < -0.39 is 42.7 Å². The van der Waals surface area contributed by atoms with E-state index in [0.29, 0.717) is 0 Å². The SMILES string of the molecule is C/C=C(/CC)C(=O)N1CC1C(F)(F)C(F)(F)C(F)(F)C(F)F. The zero-order valence-electron chi connectivity index (χ0n) is 11.5. The molecular formula is C12H13F8NO. The summed E-state index contributed by atoms with van der Waals surface area (Å²) in [7, 11) is 0. The van der Waals surface area contributed by atoms with E-state index in [1.54, 1.807) is 0 Å². The van der Waals surface area contributed by atoms with E-state index in [4.69, 9.17) is 0 Å². The van der Waals surface area contributed by atoms with Crippen molar-refractivity contribution < 1.29 is 39.9 Å². The van der Waals surface area contributed by atoms with Gasteiger partial charge in [-0.05, 0) is 13.3 Å². The van der Waals surface area contributed by atoms with Crippen molar-refractivity contribution in [2.24, 2.45) is 0 Å². The zero-order chi connectivity index (χ0) is 17.5. The Balaban J connectivity index is 3.01. The highest BCUT2D eigenvalue weighted by Gasteiger charge is 2.80. The number of carbonyl (C=O) groups excluding carboxylic acids is 1. The summed E-state index contributed by atoms with van der Waals surface area (Å²) in [5, 5.41) is 0. The maximum Gasteiger partial charge on any atom is 0.380 e. The minimum absolute atomic E-state index is 0.0298. The summed E-state index contributed by atoms with van der Waals surface area (Å²) in [6, 6.07) is -2.54. The lowest BCUT2D eigenvalue weighted by atomic mass is 10.0. The Morgan fingerprint density at radius 2 is 1.73 bits per heavy atom. The van der Waals surface area contributed by atoms with E-state index in [1.807, 2.05) is 0 Å². The van der Waals surface area contributed by atoms with Gasteiger partial charge < -0.3 is 4.90 Å². The lowest BCUT2D eigenvalue weighted by Gasteiger charge is -2.32. The lowest BCUT2D eigenvalue weighted by molar-refractivity contribution is -0.339. The van der Waals surface area contributed by atoms with Crippen molar-refractivity contribution in [3.63, 3.8) is 0 Å². The number of allylic oxidation sites excluding steroid dienone is 1. The normalized spacial score (nSPS) is 20.6. The van der Waals surface area contributed by atoms with E-state index in [0.717, 1.165) is 0 Å². The Kier molecular flexibility index (Phi) is 4.84. The van der Waals surface area contributed by atoms with E-state index in [9.17, 15) is 39.9 Å². The summed E-state index contributed by atoms with van der Waals surface area (Å²) in [5.74, 6) is -19.0. The number of halogens is 8. The van der Waals surface area contributed by atoms with E-state index in [1.165, 1.54) is 19.9 Å². The summed E-state index contributed by atoms with van der Waals surface area (Å²) >= 11 is 0. The number of alkyl halides is 8. The molecule has 0 saturated carbocycles. The van der Waals surface area contributed by atoms with Gasteiger partial charge in [0.25, 0.3) is 0 Å². The Labute approximate surface area is 120 Å². The summed E-state index contributed by atoms with van der Waals surface area (Å²) in [5.41, 5.74) is 0.0298. The molecule has 1 rings (SSSR count). The molecule has 2 nitrogen and oxygen atoms in total. The average Bonchev–Trinajstić information content (AvgIpc) is 3.19. The quantitative estimate of drug-likeness (QED) is 0.410. The van der Waals surface area contributed by atoms with Crippen LogP contribution < -0.4 is 0 Å². The number of rotatable bonds is 6. The lowest BCUT2D eigenvalue weighted by Crippen LogP contribution is -2.60. The largest absolute Gasteiger partial charge is 0.380 e. The monoisotopic (exact) mass is 339 g/mol. The first-order valence-corrected chi connectivity index (χ1v) is 6.23. The minimum Gasteiger partial charge on any atom is -0.326 e. The van der Waals surface area contributed by atoms with Crippen LogP contribution in [-0.4, -0.2) is 47.6 Å². The molecule has 1 aliphatic heterocycles. The molecule has 1 saturated heterocycles. The molecule has 1 fully saturated rings. The molecule has 1 unspecified atom stereocenters. The second-order valence-corrected chi connectivity index (χ2v) is 4.76. The number of carbonyl (C=O) groups is 1. The van der Waals surface area contributed by atoms with Crippen molar-refractivity contribution in [1.29, 1.82) is 0 Å². The van der Waals surface area contributed by atoms with Gasteiger partial charge in [0.05, 0.1) is 0 Å². The summed E-state index contributed by atoms with van der Waals surface area (Å²) in [4.78, 5) is 11.9. The van der Waals surface area contributed by atoms with Gasteiger partial charge in [-0.25, -0.2) is 8.78 Å². The molecule has 1 aliphatic rings. The van der Waals surface area contributed by atoms with E-state index in [2.05, 4.69) is 0 Å². The summed E-state index contributed by atoms with van der Waals surface area (Å²) in [6.07, 6.45) is -3.58. The highest BCUT2D eigenvalue weighted by Crippen LogP contribution is 2.53. The van der Waals surface area contributed by atoms with Crippen molar-refractivity contribution in [2.45, 2.75) is 50.5 Å². The predicted molar refractivity (Wildman–Crippen MR) is 60.4 cm³/mol. The zero-order valence-corrected chi connectivity index (χ0v) is 11.5. The van der Waals surface area contributed by atoms with Crippen molar-refractivity contribution in [2.75, 3.05) is 6.54 Å². The Bertz CT molecular complexity index is 474. The van der Waals surface area contributed by atoms with Gasteiger partial charge in [-0.3, -0.25) is 4.79 Å². The van der Waals surface area contributed by atoms with Crippen LogP contribution in [0.2, 0.25) is 0 Å². The molecule has 128 valence electrons. The average molecular weight is 339 g/mol. The first-order valence-electron chi connectivity index (χ1n) is 6.23. The number of hydrogen-bond acceptors (Lipinski definition) is 1. The smallest absolute Gasteiger partial charge is 0.326 e. The summed E-state index contributed by atoms with van der Waals surface area (Å²) < 4.78 is 103. The highest BCUT2D eigenvalue weighted by molar-refractivity contribution is 5.95. The first kappa shape index (κ1) is 18.7. The molecule has 1 heterocycles. The van der Waals surface area contributed by atoms with Gasteiger partial charge in [-0.1, -0.05) is 13.0 Å². The van der Waals surface area contributed by atoms with Crippen molar-refractivity contribution >= 4 is 5.91 Å². The first-order chi connectivity index (χ1) is 9.86. The highest BCUT2D eigenvalue weighted by atomic mass is 19.4. The Morgan fingerprint density at radius 1 is 1.23 bits per heavy atom. The van der Waals surface area contributed by atoms with Crippen molar-refractivity contribution in [3.05, 3.63) is 11.6 Å². The molecule has 0 radical (unpaired) electrons. The third-order valence-electron chi connectivity index (χ3n) is 3.41. The number of amides is 1. The van der Waals surface area contributed by atoms with E-state index in [-0.39, 0.29) is 16.9 Å². The fraction of sp³-hybridized carbons (Fsp3) is 0.750. The fourth-order valence-corrected chi connectivity index (χ4v) is 1.91. The maximum atomic E-state index is 13.5. The van der Waals surface area contributed by atoms with Crippen LogP contribution in [0.3, 0.4) is 0 Å². The van der Waals surface area contributed by atoms with Gasteiger partial charge in [0.1, 0.15) is 6.04 Å². The standard InChI is InChI=1S/C12H13F8NO/c1-3-6(4-2)8(22)21-5-7(21)10(15,16)12(19,20)11(17,18)9(13)14/h3,7,9H,4-5H2,1-2H3/b6-3-. The van der Waals surface area contributed by atoms with Crippen LogP contribution in [0.1, 0.15) is 20.3 Å². The topological polar surface area (TPSA) is 20.1 Å². The van der Waals surface area contributed by atoms with E-state index >= 15 is 0 Å². The molecule has 1 amide bonds. The summed E-state index contributed by atoms with van der Waals surface area (Å²) in [6.45, 7) is 2.01. The Hall–Kier alpha value is -1.35.